The molecule has 1 aromatic heterocycles. The van der Waals surface area contributed by atoms with E-state index in [9.17, 15) is 14.9 Å². The van der Waals surface area contributed by atoms with Crippen molar-refractivity contribution >= 4 is 11.8 Å². The van der Waals surface area contributed by atoms with Gasteiger partial charge in [-0.3, -0.25) is 10.1 Å². The highest BCUT2D eigenvalue weighted by molar-refractivity contribution is 5.68. The SMILES string of the molecule is CC(C)(C)OC(=O)N1CC[C@]2(CC2Oc2ccc([N+](=O)[O-])cn2)C1. The highest BCUT2D eigenvalue weighted by Gasteiger charge is 2.60. The Morgan fingerprint density at radius 2 is 2.21 bits per heavy atom. The van der Waals surface area contributed by atoms with Gasteiger partial charge in [-0.15, -0.1) is 0 Å². The van der Waals surface area contributed by atoms with Crippen molar-refractivity contribution in [3.8, 4) is 5.88 Å². The molecule has 0 aromatic carbocycles. The van der Waals surface area contributed by atoms with Gasteiger partial charge in [0.05, 0.1) is 4.92 Å². The first kappa shape index (κ1) is 16.5. The number of ether oxygens (including phenoxy) is 2. The van der Waals surface area contributed by atoms with Crippen LogP contribution in [0.25, 0.3) is 0 Å². The summed E-state index contributed by atoms with van der Waals surface area (Å²) in [5.74, 6) is 0.373. The first-order valence-corrected chi connectivity index (χ1v) is 7.94. The Balaban J connectivity index is 1.55. The van der Waals surface area contributed by atoms with Gasteiger partial charge in [0.15, 0.2) is 0 Å². The van der Waals surface area contributed by atoms with Crippen LogP contribution in [0.3, 0.4) is 0 Å². The lowest BCUT2D eigenvalue weighted by molar-refractivity contribution is -0.385. The van der Waals surface area contributed by atoms with Crippen molar-refractivity contribution in [3.63, 3.8) is 0 Å². The Kier molecular flexibility index (Phi) is 3.85. The Hall–Kier alpha value is -2.38. The molecule has 1 aliphatic carbocycles. The molecule has 1 saturated carbocycles. The first-order chi connectivity index (χ1) is 11.2. The molecule has 2 fully saturated rings. The Bertz CT molecular complexity index is 655. The second-order valence-electron chi connectivity index (χ2n) is 7.44. The molecule has 0 radical (unpaired) electrons. The van der Waals surface area contributed by atoms with Crippen LogP contribution in [0.15, 0.2) is 18.3 Å². The molecule has 8 nitrogen and oxygen atoms in total. The number of hydrogen-bond donors (Lipinski definition) is 0. The van der Waals surface area contributed by atoms with Gasteiger partial charge in [0.25, 0.3) is 5.69 Å². The number of amides is 1. The molecule has 2 atom stereocenters. The van der Waals surface area contributed by atoms with Crippen LogP contribution >= 0.6 is 0 Å². The summed E-state index contributed by atoms with van der Waals surface area (Å²) in [4.78, 5) is 27.9. The summed E-state index contributed by atoms with van der Waals surface area (Å²) in [6.07, 6.45) is 2.60. The Morgan fingerprint density at radius 3 is 2.79 bits per heavy atom. The van der Waals surface area contributed by atoms with Gasteiger partial charge in [-0.05, 0) is 33.6 Å². The second kappa shape index (κ2) is 5.61. The van der Waals surface area contributed by atoms with Crippen LogP contribution in [0.1, 0.15) is 33.6 Å². The molecule has 0 N–H and O–H groups in total. The van der Waals surface area contributed by atoms with Crippen LogP contribution in [0.5, 0.6) is 5.88 Å². The monoisotopic (exact) mass is 335 g/mol. The number of carbonyl (C=O) groups excluding carboxylic acids is 1. The summed E-state index contributed by atoms with van der Waals surface area (Å²) in [6.45, 7) is 6.81. The van der Waals surface area contributed by atoms with E-state index in [2.05, 4.69) is 4.98 Å². The maximum Gasteiger partial charge on any atom is 0.410 e. The van der Waals surface area contributed by atoms with Gasteiger partial charge in [0.2, 0.25) is 5.88 Å². The van der Waals surface area contributed by atoms with Crippen LogP contribution in [0.4, 0.5) is 10.5 Å². The second-order valence-corrected chi connectivity index (χ2v) is 7.44. The first-order valence-electron chi connectivity index (χ1n) is 7.94. The van der Waals surface area contributed by atoms with Gasteiger partial charge in [-0.2, -0.15) is 0 Å². The van der Waals surface area contributed by atoms with Gasteiger partial charge < -0.3 is 14.4 Å². The van der Waals surface area contributed by atoms with Gasteiger partial charge in [0.1, 0.15) is 17.9 Å². The lowest BCUT2D eigenvalue weighted by atomic mass is 10.1. The molecule has 2 aliphatic rings. The fraction of sp³-hybridized carbons (Fsp3) is 0.625. The Labute approximate surface area is 139 Å². The van der Waals surface area contributed by atoms with Crippen LogP contribution in [0, 0.1) is 15.5 Å². The largest absolute Gasteiger partial charge is 0.474 e. The molecule has 24 heavy (non-hydrogen) atoms. The van der Waals surface area contributed by atoms with E-state index in [1.807, 2.05) is 20.8 Å². The van der Waals surface area contributed by atoms with E-state index in [0.29, 0.717) is 19.0 Å². The van der Waals surface area contributed by atoms with Gasteiger partial charge in [-0.1, -0.05) is 0 Å². The van der Waals surface area contributed by atoms with E-state index in [4.69, 9.17) is 9.47 Å². The predicted molar refractivity (Wildman–Crippen MR) is 84.8 cm³/mol. The molecular formula is C16H21N3O5. The molecule has 8 heteroatoms. The van der Waals surface area contributed by atoms with Crippen molar-refractivity contribution in [2.24, 2.45) is 5.41 Å². The zero-order chi connectivity index (χ0) is 17.5. The van der Waals surface area contributed by atoms with Crippen molar-refractivity contribution in [3.05, 3.63) is 28.4 Å². The molecule has 1 aromatic rings. The molecule has 1 amide bonds. The standard InChI is InChI=1S/C16H21N3O5/c1-15(2,3)24-14(20)18-7-6-16(10-18)8-12(16)23-13-5-4-11(9-17-13)19(21)22/h4-5,9,12H,6-8,10H2,1-3H3/t12?,16-/m0/s1. The lowest BCUT2D eigenvalue weighted by Gasteiger charge is -2.24. The van der Waals surface area contributed by atoms with Crippen molar-refractivity contribution in [2.75, 3.05) is 13.1 Å². The summed E-state index contributed by atoms with van der Waals surface area (Å²) in [7, 11) is 0. The van der Waals surface area contributed by atoms with Gasteiger partial charge in [0, 0.05) is 30.6 Å². The van der Waals surface area contributed by atoms with Crippen LogP contribution in [0.2, 0.25) is 0 Å². The smallest absolute Gasteiger partial charge is 0.410 e. The zero-order valence-electron chi connectivity index (χ0n) is 14.0. The molecule has 1 saturated heterocycles. The quantitative estimate of drug-likeness (QED) is 0.622. The highest BCUT2D eigenvalue weighted by atomic mass is 16.6. The van der Waals surface area contributed by atoms with E-state index in [0.717, 1.165) is 12.8 Å². The average Bonchev–Trinajstić information content (AvgIpc) is 2.94. The van der Waals surface area contributed by atoms with E-state index in [-0.39, 0.29) is 23.3 Å². The third-order valence-electron chi connectivity index (χ3n) is 4.35. The maximum absolute atomic E-state index is 12.1. The number of pyridine rings is 1. The van der Waals surface area contributed by atoms with Gasteiger partial charge >= 0.3 is 6.09 Å². The Morgan fingerprint density at radius 1 is 1.46 bits per heavy atom. The molecule has 0 bridgehead atoms. The van der Waals surface area contributed by atoms with Crippen LogP contribution < -0.4 is 4.74 Å². The van der Waals surface area contributed by atoms with Gasteiger partial charge in [-0.25, -0.2) is 9.78 Å². The molecule has 1 unspecified atom stereocenters. The number of hydrogen-bond acceptors (Lipinski definition) is 6. The molecule has 3 rings (SSSR count). The molecular weight excluding hydrogens is 314 g/mol. The lowest BCUT2D eigenvalue weighted by Crippen LogP contribution is -2.35. The van der Waals surface area contributed by atoms with E-state index >= 15 is 0 Å². The van der Waals surface area contributed by atoms with Crippen LogP contribution in [-0.4, -0.2) is 45.7 Å². The minimum absolute atomic E-state index is 0.0149. The third kappa shape index (κ3) is 3.42. The van der Waals surface area contributed by atoms with E-state index in [1.165, 1.54) is 18.3 Å². The normalized spacial score (nSPS) is 25.6. The molecule has 1 aliphatic heterocycles. The van der Waals surface area contributed by atoms with E-state index < -0.39 is 10.5 Å². The van der Waals surface area contributed by atoms with Crippen LogP contribution in [-0.2, 0) is 4.74 Å². The number of rotatable bonds is 3. The zero-order valence-corrected chi connectivity index (χ0v) is 14.0. The minimum Gasteiger partial charge on any atom is -0.474 e. The molecule has 1 spiro atoms. The van der Waals surface area contributed by atoms with Crippen molar-refractivity contribution < 1.29 is 19.2 Å². The third-order valence-corrected chi connectivity index (χ3v) is 4.35. The highest BCUT2D eigenvalue weighted by Crippen LogP contribution is 2.54. The fourth-order valence-electron chi connectivity index (χ4n) is 2.98. The fourth-order valence-corrected chi connectivity index (χ4v) is 2.98. The summed E-state index contributed by atoms with van der Waals surface area (Å²) in [6, 6.07) is 2.88. The summed E-state index contributed by atoms with van der Waals surface area (Å²) < 4.78 is 11.2. The van der Waals surface area contributed by atoms with Crippen molar-refractivity contribution in [1.29, 1.82) is 0 Å². The maximum atomic E-state index is 12.1. The minimum atomic E-state index is -0.505. The average molecular weight is 335 g/mol. The molecule has 2 heterocycles. The van der Waals surface area contributed by atoms with Crippen molar-refractivity contribution in [2.45, 2.75) is 45.3 Å². The number of likely N-dealkylation sites (tertiary alicyclic amines) is 1. The number of aromatic nitrogens is 1. The summed E-state index contributed by atoms with van der Waals surface area (Å²) in [5, 5.41) is 10.6. The molecule has 130 valence electrons. The van der Waals surface area contributed by atoms with E-state index in [1.54, 1.807) is 4.90 Å². The number of nitro groups is 1. The van der Waals surface area contributed by atoms with Crippen molar-refractivity contribution in [1.82, 2.24) is 9.88 Å². The number of carbonyl (C=O) groups is 1. The summed E-state index contributed by atoms with van der Waals surface area (Å²) >= 11 is 0. The summed E-state index contributed by atoms with van der Waals surface area (Å²) in [5.41, 5.74) is -0.611. The topological polar surface area (TPSA) is 94.8 Å². The number of nitrogens with zero attached hydrogens (tertiary/aromatic N) is 3. The predicted octanol–water partition coefficient (Wildman–Crippen LogP) is 2.77.